The predicted octanol–water partition coefficient (Wildman–Crippen LogP) is 4.17. The second-order valence-electron chi connectivity index (χ2n) is 11.3. The van der Waals surface area contributed by atoms with E-state index in [0.29, 0.717) is 23.7 Å². The van der Waals surface area contributed by atoms with Gasteiger partial charge in [-0.15, -0.1) is 0 Å². The van der Waals surface area contributed by atoms with Crippen LogP contribution >= 0.6 is 0 Å². The maximum Gasteiger partial charge on any atom is 0.316 e. The largest absolute Gasteiger partial charge is 0.460 e. The first kappa shape index (κ1) is 26.8. The van der Waals surface area contributed by atoms with Gasteiger partial charge < -0.3 is 15.2 Å². The van der Waals surface area contributed by atoms with E-state index in [2.05, 4.69) is 39.5 Å². The summed E-state index contributed by atoms with van der Waals surface area (Å²) in [5.74, 6) is 0.370. The molecule has 1 aromatic heterocycles. The summed E-state index contributed by atoms with van der Waals surface area (Å²) in [6.07, 6.45) is 11.6. The molecule has 4 heterocycles. The van der Waals surface area contributed by atoms with Gasteiger partial charge in [0.15, 0.2) is 0 Å². The van der Waals surface area contributed by atoms with Crippen LogP contribution in [0.15, 0.2) is 42.6 Å². The van der Waals surface area contributed by atoms with Gasteiger partial charge in [0.2, 0.25) is 0 Å². The molecule has 38 heavy (non-hydrogen) atoms. The van der Waals surface area contributed by atoms with Crippen molar-refractivity contribution in [2.45, 2.75) is 82.3 Å². The maximum absolute atomic E-state index is 13.8. The number of aliphatic hydroxyl groups excluding tert-OH is 1. The fraction of sp³-hybridized carbons (Fsp3) is 0.581. The molecule has 2 aromatic rings. The molecule has 1 atom stereocenters. The molecular formula is C31H41N3O4. The van der Waals surface area contributed by atoms with E-state index in [1.807, 2.05) is 0 Å². The van der Waals surface area contributed by atoms with E-state index in [-0.39, 0.29) is 24.6 Å². The van der Waals surface area contributed by atoms with Gasteiger partial charge in [-0.1, -0.05) is 43.5 Å². The summed E-state index contributed by atoms with van der Waals surface area (Å²) in [5, 5.41) is 12.0. The Morgan fingerprint density at radius 2 is 1.89 bits per heavy atom. The number of aromatic nitrogens is 1. The minimum Gasteiger partial charge on any atom is -0.460 e. The average Bonchev–Trinajstić information content (AvgIpc) is 2.98. The molecule has 2 bridgehead atoms. The van der Waals surface area contributed by atoms with Crippen molar-refractivity contribution in [2.24, 2.45) is 5.92 Å². The van der Waals surface area contributed by atoms with E-state index in [9.17, 15) is 9.59 Å². The lowest BCUT2D eigenvalue weighted by Crippen LogP contribution is -2.53. The summed E-state index contributed by atoms with van der Waals surface area (Å²) in [7, 11) is 0. The lowest BCUT2D eigenvalue weighted by atomic mass is 9.69. The van der Waals surface area contributed by atoms with E-state index in [1.54, 1.807) is 12.1 Å². The molecule has 4 aliphatic rings. The van der Waals surface area contributed by atoms with E-state index in [4.69, 9.17) is 9.84 Å². The quantitative estimate of drug-likeness (QED) is 0.362. The highest BCUT2D eigenvalue weighted by Gasteiger charge is 2.45. The highest BCUT2D eigenvalue weighted by molar-refractivity contribution is 5.93. The van der Waals surface area contributed by atoms with Gasteiger partial charge in [-0.05, 0) is 87.2 Å². The Morgan fingerprint density at radius 3 is 2.58 bits per heavy atom. The number of aliphatic hydroxyl groups is 1. The Kier molecular flexibility index (Phi) is 8.75. The predicted molar refractivity (Wildman–Crippen MR) is 146 cm³/mol. The van der Waals surface area contributed by atoms with Gasteiger partial charge in [-0.3, -0.25) is 19.5 Å². The zero-order valence-corrected chi connectivity index (χ0v) is 22.4. The number of rotatable bonds is 10. The third-order valence-corrected chi connectivity index (χ3v) is 8.86. The first-order valence-corrected chi connectivity index (χ1v) is 14.4. The van der Waals surface area contributed by atoms with Crippen LogP contribution in [0.1, 0.15) is 85.0 Å². The van der Waals surface area contributed by atoms with Crippen LogP contribution in [0, 0.1) is 5.92 Å². The fourth-order valence-corrected chi connectivity index (χ4v) is 6.50. The standard InChI is InChI=1S/C31H41N3O4/c35-22-27-11-10-25(20-33-27)29(36)32-16-5-2-7-23-8-6-9-26(19-23)31(14-3-1-4-15-31)30(37)38-28-21-34-17-12-24(28)13-18-34/h6,8-11,19-20,24,28,35H,1-5,7,12-18,21-22H2,(H,32,36). The van der Waals surface area contributed by atoms with Crippen molar-refractivity contribution in [3.8, 4) is 0 Å². The molecule has 3 aliphatic heterocycles. The van der Waals surface area contributed by atoms with Gasteiger partial charge in [0.05, 0.1) is 23.3 Å². The highest BCUT2D eigenvalue weighted by atomic mass is 16.5. The summed E-state index contributed by atoms with van der Waals surface area (Å²) in [6.45, 7) is 3.64. The zero-order valence-electron chi connectivity index (χ0n) is 22.4. The maximum atomic E-state index is 13.8. The molecule has 204 valence electrons. The second kappa shape index (κ2) is 12.4. The van der Waals surface area contributed by atoms with E-state index in [0.717, 1.165) is 83.0 Å². The number of hydrogen-bond acceptors (Lipinski definition) is 6. The van der Waals surface area contributed by atoms with Gasteiger partial charge in [-0.2, -0.15) is 0 Å². The molecule has 1 aliphatic carbocycles. The van der Waals surface area contributed by atoms with Gasteiger partial charge in [0.25, 0.3) is 5.91 Å². The van der Waals surface area contributed by atoms with E-state index in [1.165, 1.54) is 18.2 Å². The Labute approximate surface area is 226 Å². The molecule has 1 unspecified atom stereocenters. The summed E-state index contributed by atoms with van der Waals surface area (Å²) < 4.78 is 6.31. The number of nitrogens with zero attached hydrogens (tertiary/aromatic N) is 2. The Hall–Kier alpha value is -2.77. The van der Waals surface area contributed by atoms with Crippen LogP contribution in [0.4, 0.5) is 0 Å². The number of ether oxygens (including phenoxy) is 1. The number of amides is 1. The number of piperidine rings is 3. The lowest BCUT2D eigenvalue weighted by Gasteiger charge is -2.45. The van der Waals surface area contributed by atoms with E-state index < -0.39 is 5.41 Å². The van der Waals surface area contributed by atoms with Gasteiger partial charge in [0, 0.05) is 19.3 Å². The summed E-state index contributed by atoms with van der Waals surface area (Å²) >= 11 is 0. The molecule has 6 rings (SSSR count). The third-order valence-electron chi connectivity index (χ3n) is 8.86. The van der Waals surface area contributed by atoms with Crippen LogP contribution in [0.2, 0.25) is 0 Å². The van der Waals surface area contributed by atoms with Crippen molar-refractivity contribution in [3.63, 3.8) is 0 Å². The van der Waals surface area contributed by atoms with Crippen molar-refractivity contribution in [1.29, 1.82) is 0 Å². The SMILES string of the molecule is O=C(NCCCCc1cccc(C2(C(=O)OC3CN4CCC3CC4)CCCCC2)c1)c1ccc(CO)nc1. The number of fused-ring (bicyclic) bond motifs is 3. The number of unbranched alkanes of at least 4 members (excludes halogenated alkanes) is 1. The molecule has 7 nitrogen and oxygen atoms in total. The van der Waals surface area contributed by atoms with Crippen molar-refractivity contribution in [2.75, 3.05) is 26.2 Å². The number of esters is 1. The third kappa shape index (κ3) is 6.10. The zero-order chi connectivity index (χ0) is 26.4. The number of nitrogens with one attached hydrogen (secondary N) is 1. The minimum atomic E-state index is -0.520. The number of aryl methyl sites for hydroxylation is 1. The first-order valence-electron chi connectivity index (χ1n) is 14.4. The normalized spacial score (nSPS) is 24.1. The summed E-state index contributed by atoms with van der Waals surface area (Å²) in [4.78, 5) is 32.6. The monoisotopic (exact) mass is 519 g/mol. The molecule has 1 aromatic carbocycles. The molecule has 2 N–H and O–H groups in total. The Bertz CT molecular complexity index is 1090. The molecule has 7 heteroatoms. The minimum absolute atomic E-state index is 0.00248. The van der Waals surface area contributed by atoms with Crippen molar-refractivity contribution >= 4 is 11.9 Å². The summed E-state index contributed by atoms with van der Waals surface area (Å²) in [6, 6.07) is 11.9. The highest BCUT2D eigenvalue weighted by Crippen LogP contribution is 2.42. The van der Waals surface area contributed by atoms with Crippen molar-refractivity contribution in [1.82, 2.24) is 15.2 Å². The molecule has 0 radical (unpaired) electrons. The number of carbonyl (C=O) groups excluding carboxylic acids is 2. The van der Waals surface area contributed by atoms with Crippen LogP contribution in [-0.4, -0.2) is 59.1 Å². The van der Waals surface area contributed by atoms with Gasteiger partial charge in [-0.25, -0.2) is 0 Å². The van der Waals surface area contributed by atoms with Crippen molar-refractivity contribution in [3.05, 3.63) is 65.0 Å². The second-order valence-corrected chi connectivity index (χ2v) is 11.3. The fourth-order valence-electron chi connectivity index (χ4n) is 6.50. The van der Waals surface area contributed by atoms with Crippen LogP contribution in [0.3, 0.4) is 0 Å². The molecular weight excluding hydrogens is 478 g/mol. The lowest BCUT2D eigenvalue weighted by molar-refractivity contribution is -0.167. The number of hydrogen-bond donors (Lipinski definition) is 2. The topological polar surface area (TPSA) is 91.8 Å². The Morgan fingerprint density at radius 1 is 1.08 bits per heavy atom. The Balaban J connectivity index is 1.16. The smallest absolute Gasteiger partial charge is 0.316 e. The molecule has 0 spiro atoms. The first-order chi connectivity index (χ1) is 18.6. The molecule has 1 saturated carbocycles. The molecule has 4 fully saturated rings. The van der Waals surface area contributed by atoms with Crippen molar-refractivity contribution < 1.29 is 19.4 Å². The van der Waals surface area contributed by atoms with Crippen LogP contribution in [0.5, 0.6) is 0 Å². The molecule has 1 amide bonds. The van der Waals surface area contributed by atoms with Gasteiger partial charge in [0.1, 0.15) is 6.10 Å². The van der Waals surface area contributed by atoms with Gasteiger partial charge >= 0.3 is 5.97 Å². The molecule has 3 saturated heterocycles. The average molecular weight is 520 g/mol. The van der Waals surface area contributed by atoms with E-state index >= 15 is 0 Å². The van der Waals surface area contributed by atoms with Crippen LogP contribution in [0.25, 0.3) is 0 Å². The number of pyridine rings is 1. The van der Waals surface area contributed by atoms with Crippen LogP contribution < -0.4 is 5.32 Å². The summed E-state index contributed by atoms with van der Waals surface area (Å²) in [5.41, 5.74) is 2.88. The number of benzene rings is 1. The van der Waals surface area contributed by atoms with Crippen LogP contribution in [-0.2, 0) is 28.0 Å². The number of carbonyl (C=O) groups is 2.